The molecule has 0 aliphatic carbocycles. The van der Waals surface area contributed by atoms with E-state index in [0.717, 1.165) is 41.9 Å². The third kappa shape index (κ3) is 3.89. The molecule has 2 aromatic rings. The Labute approximate surface area is 118 Å². The van der Waals surface area contributed by atoms with E-state index in [0.29, 0.717) is 0 Å². The van der Waals surface area contributed by atoms with Gasteiger partial charge in [0.1, 0.15) is 11.5 Å². The second-order valence-electron chi connectivity index (χ2n) is 4.85. The minimum absolute atomic E-state index is 0.807. The topological polar surface area (TPSA) is 41.3 Å². The highest BCUT2D eigenvalue weighted by Crippen LogP contribution is 2.17. The molecule has 0 unspecified atom stereocenters. The molecule has 0 radical (unpaired) electrons. The molecular formula is C14H21N3OS. The summed E-state index contributed by atoms with van der Waals surface area (Å²) in [7, 11) is 4.03. The van der Waals surface area contributed by atoms with Crippen LogP contribution in [-0.2, 0) is 19.6 Å². The lowest BCUT2D eigenvalue weighted by atomic mass is 10.2. The van der Waals surface area contributed by atoms with Crippen LogP contribution in [0.25, 0.3) is 0 Å². The van der Waals surface area contributed by atoms with Crippen molar-refractivity contribution in [3.8, 4) is 0 Å². The molecule has 0 spiro atoms. The molecule has 19 heavy (non-hydrogen) atoms. The number of hydrogen-bond donors (Lipinski definition) is 1. The summed E-state index contributed by atoms with van der Waals surface area (Å²) in [5, 5.41) is 6.39. The second kappa shape index (κ2) is 6.32. The van der Waals surface area contributed by atoms with Crippen molar-refractivity contribution in [3.63, 3.8) is 0 Å². The average molecular weight is 279 g/mol. The van der Waals surface area contributed by atoms with E-state index in [-0.39, 0.29) is 0 Å². The lowest BCUT2D eigenvalue weighted by Gasteiger charge is -2.13. The number of hydrogen-bond acceptors (Lipinski definition) is 5. The summed E-state index contributed by atoms with van der Waals surface area (Å²) >= 11 is 1.70. The van der Waals surface area contributed by atoms with Gasteiger partial charge in [0.15, 0.2) is 0 Å². The first kappa shape index (κ1) is 14.2. The number of nitrogens with zero attached hydrogens (tertiary/aromatic N) is 2. The zero-order chi connectivity index (χ0) is 13.8. The smallest absolute Gasteiger partial charge is 0.118 e. The molecule has 0 aliphatic heterocycles. The van der Waals surface area contributed by atoms with Crippen molar-refractivity contribution in [1.82, 2.24) is 15.2 Å². The highest BCUT2D eigenvalue weighted by molar-refractivity contribution is 7.09. The number of aromatic nitrogens is 1. The van der Waals surface area contributed by atoms with E-state index in [1.54, 1.807) is 11.3 Å². The lowest BCUT2D eigenvalue weighted by Crippen LogP contribution is -2.17. The van der Waals surface area contributed by atoms with Crippen molar-refractivity contribution >= 4 is 11.3 Å². The Balaban J connectivity index is 1.94. The number of thiazole rings is 1. The van der Waals surface area contributed by atoms with Crippen LogP contribution in [0.4, 0.5) is 0 Å². The molecule has 4 nitrogen and oxygen atoms in total. The third-order valence-corrected chi connectivity index (χ3v) is 3.79. The van der Waals surface area contributed by atoms with E-state index >= 15 is 0 Å². The fraction of sp³-hybridized carbons (Fsp3) is 0.500. The van der Waals surface area contributed by atoms with Crippen LogP contribution >= 0.6 is 11.3 Å². The van der Waals surface area contributed by atoms with Crippen molar-refractivity contribution in [2.75, 3.05) is 14.1 Å². The van der Waals surface area contributed by atoms with Crippen LogP contribution in [0.5, 0.6) is 0 Å². The summed E-state index contributed by atoms with van der Waals surface area (Å²) in [4.78, 5) is 6.70. The summed E-state index contributed by atoms with van der Waals surface area (Å²) in [6, 6.07) is 2.13. The fourth-order valence-electron chi connectivity index (χ4n) is 2.11. The maximum atomic E-state index is 5.78. The molecule has 2 rings (SSSR count). The SMILES string of the molecule is CNCc1cc(CN(C)Cc2csc(C)n2)oc1C. The predicted molar refractivity (Wildman–Crippen MR) is 78.2 cm³/mol. The molecule has 104 valence electrons. The van der Waals surface area contributed by atoms with Gasteiger partial charge in [-0.2, -0.15) is 0 Å². The third-order valence-electron chi connectivity index (χ3n) is 2.96. The number of furan rings is 1. The van der Waals surface area contributed by atoms with Crippen LogP contribution < -0.4 is 5.32 Å². The maximum Gasteiger partial charge on any atom is 0.118 e. The molecule has 0 bridgehead atoms. The van der Waals surface area contributed by atoms with Crippen LogP contribution in [0, 0.1) is 13.8 Å². The van der Waals surface area contributed by atoms with Gasteiger partial charge >= 0.3 is 0 Å². The molecular weight excluding hydrogens is 258 g/mol. The zero-order valence-corrected chi connectivity index (χ0v) is 12.8. The number of nitrogens with one attached hydrogen (secondary N) is 1. The summed E-state index contributed by atoms with van der Waals surface area (Å²) < 4.78 is 5.78. The Kier molecular flexibility index (Phi) is 4.74. The monoisotopic (exact) mass is 279 g/mol. The van der Waals surface area contributed by atoms with Gasteiger partial charge in [-0.15, -0.1) is 11.3 Å². The van der Waals surface area contributed by atoms with Gasteiger partial charge in [-0.05, 0) is 34.0 Å². The van der Waals surface area contributed by atoms with Crippen molar-refractivity contribution in [1.29, 1.82) is 0 Å². The van der Waals surface area contributed by atoms with Gasteiger partial charge in [0.2, 0.25) is 0 Å². The standard InChI is InChI=1S/C14H21N3OS/c1-10-12(6-15-3)5-14(18-10)8-17(4)7-13-9-19-11(2)16-13/h5,9,15H,6-8H2,1-4H3. The molecule has 0 saturated carbocycles. The van der Waals surface area contributed by atoms with Crippen LogP contribution in [0.1, 0.15) is 27.8 Å². The maximum absolute atomic E-state index is 5.78. The van der Waals surface area contributed by atoms with Gasteiger partial charge in [0.25, 0.3) is 0 Å². The van der Waals surface area contributed by atoms with E-state index in [9.17, 15) is 0 Å². The fourth-order valence-corrected chi connectivity index (χ4v) is 2.71. The summed E-state index contributed by atoms with van der Waals surface area (Å²) in [6.45, 7) is 6.56. The van der Waals surface area contributed by atoms with Gasteiger partial charge in [-0.25, -0.2) is 4.98 Å². The van der Waals surface area contributed by atoms with Gasteiger partial charge in [-0.1, -0.05) is 0 Å². The summed E-state index contributed by atoms with van der Waals surface area (Å²) in [5.41, 5.74) is 2.36. The normalized spacial score (nSPS) is 11.4. The molecule has 0 fully saturated rings. The first-order valence-corrected chi connectivity index (χ1v) is 7.28. The molecule has 0 aliphatic rings. The van der Waals surface area contributed by atoms with Crippen LogP contribution in [0.3, 0.4) is 0 Å². The van der Waals surface area contributed by atoms with Crippen molar-refractivity contribution in [2.24, 2.45) is 0 Å². The summed E-state index contributed by atoms with van der Waals surface area (Å²) in [6.07, 6.45) is 0. The summed E-state index contributed by atoms with van der Waals surface area (Å²) in [5.74, 6) is 2.01. The second-order valence-corrected chi connectivity index (χ2v) is 5.92. The highest BCUT2D eigenvalue weighted by Gasteiger charge is 2.10. The van der Waals surface area contributed by atoms with Gasteiger partial charge < -0.3 is 9.73 Å². The lowest BCUT2D eigenvalue weighted by molar-refractivity contribution is 0.282. The Bertz CT molecular complexity index is 533. The Morgan fingerprint density at radius 1 is 1.37 bits per heavy atom. The van der Waals surface area contributed by atoms with Crippen molar-refractivity contribution in [2.45, 2.75) is 33.5 Å². The molecule has 0 aromatic carbocycles. The van der Waals surface area contributed by atoms with E-state index in [4.69, 9.17) is 4.42 Å². The van der Waals surface area contributed by atoms with Crippen molar-refractivity contribution in [3.05, 3.63) is 39.2 Å². The van der Waals surface area contributed by atoms with Crippen LogP contribution in [-0.4, -0.2) is 24.0 Å². The number of aryl methyl sites for hydroxylation is 2. The average Bonchev–Trinajstić information content (AvgIpc) is 2.87. The van der Waals surface area contributed by atoms with Gasteiger partial charge in [0.05, 0.1) is 17.2 Å². The Morgan fingerprint density at radius 2 is 2.16 bits per heavy atom. The highest BCUT2D eigenvalue weighted by atomic mass is 32.1. The van der Waals surface area contributed by atoms with E-state index in [1.807, 2.05) is 20.9 Å². The van der Waals surface area contributed by atoms with Gasteiger partial charge in [-0.3, -0.25) is 4.90 Å². The molecule has 0 saturated heterocycles. The molecule has 0 atom stereocenters. The van der Waals surface area contributed by atoms with E-state index < -0.39 is 0 Å². The quantitative estimate of drug-likeness (QED) is 0.882. The molecule has 2 heterocycles. The largest absolute Gasteiger partial charge is 0.465 e. The van der Waals surface area contributed by atoms with Crippen molar-refractivity contribution < 1.29 is 4.42 Å². The Morgan fingerprint density at radius 3 is 2.79 bits per heavy atom. The Hall–Kier alpha value is -1.17. The minimum Gasteiger partial charge on any atom is -0.465 e. The molecule has 1 N–H and O–H groups in total. The first-order valence-electron chi connectivity index (χ1n) is 6.41. The minimum atomic E-state index is 0.807. The molecule has 2 aromatic heterocycles. The zero-order valence-electron chi connectivity index (χ0n) is 12.0. The predicted octanol–water partition coefficient (Wildman–Crippen LogP) is 2.70. The van der Waals surface area contributed by atoms with Gasteiger partial charge in [0, 0.05) is 24.0 Å². The van der Waals surface area contributed by atoms with E-state index in [2.05, 4.69) is 33.7 Å². The van der Waals surface area contributed by atoms with E-state index in [1.165, 1.54) is 5.56 Å². The van der Waals surface area contributed by atoms with Crippen LogP contribution in [0.15, 0.2) is 15.9 Å². The first-order chi connectivity index (χ1) is 9.08. The number of rotatable bonds is 6. The van der Waals surface area contributed by atoms with Crippen LogP contribution in [0.2, 0.25) is 0 Å². The molecule has 5 heteroatoms. The molecule has 0 amide bonds.